The van der Waals surface area contributed by atoms with Gasteiger partial charge >= 0.3 is 0 Å². The van der Waals surface area contributed by atoms with Crippen LogP contribution in [0.5, 0.6) is 23.0 Å². The van der Waals surface area contributed by atoms with E-state index in [1.807, 2.05) is 0 Å². The van der Waals surface area contributed by atoms with Gasteiger partial charge in [0.05, 0.1) is 28.4 Å². The van der Waals surface area contributed by atoms with Crippen molar-refractivity contribution >= 4 is 120 Å². The average molecular weight is 1020 g/mol. The van der Waals surface area contributed by atoms with Gasteiger partial charge in [0, 0.05) is 40.0 Å². The summed E-state index contributed by atoms with van der Waals surface area (Å²) in [7, 11) is -15.0. The summed E-state index contributed by atoms with van der Waals surface area (Å²) in [5.74, 6) is -1.96. The third-order valence-corrected chi connectivity index (χ3v) is 12.7. The number of nitrogens with two attached hydrogens (primary N) is 2. The summed E-state index contributed by atoms with van der Waals surface area (Å²) in [6.07, 6.45) is 0. The molecule has 0 atom stereocenters. The number of benzene rings is 8. The molecule has 0 amide bonds. The lowest BCUT2D eigenvalue weighted by atomic mass is 10.1. The van der Waals surface area contributed by atoms with Crippen molar-refractivity contribution in [2.45, 2.75) is 14.7 Å². The molecule has 0 unspecified atom stereocenters. The quantitative estimate of drug-likeness (QED) is 0.0291. The Bertz CT molecular complexity index is 3970. The smallest absolute Gasteiger partial charge is 0.296 e. The molecule has 12 N–H and O–H groups in total. The normalized spacial score (nSPS) is 12.6. The van der Waals surface area contributed by atoms with Gasteiger partial charge in [0.2, 0.25) is 0 Å². The summed E-state index contributed by atoms with van der Waals surface area (Å²) >= 11 is 0. The lowest BCUT2D eigenvalue weighted by Crippen LogP contribution is -2.03. The molecule has 0 heterocycles. The van der Waals surface area contributed by atoms with Gasteiger partial charge in [0.25, 0.3) is 30.4 Å². The first-order valence-corrected chi connectivity index (χ1v) is 24.2. The van der Waals surface area contributed by atoms with Crippen LogP contribution < -0.4 is 16.8 Å². The second-order valence-corrected chi connectivity index (χ2v) is 19.2. The topological polar surface area (TPSA) is 407 Å². The molecular formula is C44H33N11O13S3. The van der Waals surface area contributed by atoms with Crippen LogP contribution in [-0.2, 0) is 30.4 Å². The molecule has 0 saturated carbocycles. The third kappa shape index (κ3) is 10.8. The van der Waals surface area contributed by atoms with Gasteiger partial charge in [-0.25, -0.2) is 0 Å². The van der Waals surface area contributed by atoms with Crippen LogP contribution in [0, 0.1) is 0 Å². The number of rotatable bonds is 13. The van der Waals surface area contributed by atoms with E-state index < -0.39 is 67.9 Å². The molecule has 0 aliphatic rings. The van der Waals surface area contributed by atoms with E-state index in [1.165, 1.54) is 109 Å². The number of aromatic hydroxyl groups is 4. The maximum absolute atomic E-state index is 12.6. The van der Waals surface area contributed by atoms with Crippen molar-refractivity contribution in [2.24, 2.45) is 40.9 Å². The third-order valence-electron chi connectivity index (χ3n) is 10.1. The molecule has 0 bridgehead atoms. The van der Waals surface area contributed by atoms with E-state index >= 15 is 0 Å². The van der Waals surface area contributed by atoms with Crippen molar-refractivity contribution in [2.75, 3.05) is 16.8 Å². The second kappa shape index (κ2) is 18.8. The van der Waals surface area contributed by atoms with Gasteiger partial charge in [0.15, 0.2) is 11.5 Å². The Labute approximate surface area is 400 Å². The molecule has 71 heavy (non-hydrogen) atoms. The number of nitrogens with one attached hydrogen (secondary N) is 1. The fourth-order valence-electron chi connectivity index (χ4n) is 6.71. The SMILES string of the molecule is Nc1ccc(N=Nc2ccc3cc(S(=O)(=O)O)c(N=Nc4ccc(Nc5ccc(N=Nc6c(S(=O)(=O)O)cc7ccc(N=Nc8ccc(N)cc8O)cc7c6O)cc5S(=O)(=O)O)cc4)c(O)c3c2)c(O)c1. The molecule has 0 saturated heterocycles. The standard InChI is InChI=1S/C44H33N11O13S3/c45-24-3-12-33(36(56)17-24)52-49-28-5-1-22-15-39(70(63,64)65)41(43(58)31(22)19-28)54-48-27-9-7-26(8-10-27)47-35-14-11-30(21-38(35)69(60,61)62)51-55-42-40(71(66,67)68)16-23-2-6-29(20-32(23)44(42)59)50-53-34-13-4-25(46)18-37(34)57/h1-21,47,56-59H,45-46H2,(H,60,61,62)(H,63,64,65)(H,66,67,68). The molecule has 8 aromatic carbocycles. The highest BCUT2D eigenvalue weighted by Gasteiger charge is 2.25. The maximum Gasteiger partial charge on any atom is 0.296 e. The summed E-state index contributed by atoms with van der Waals surface area (Å²) in [5, 5.41) is 77.5. The van der Waals surface area contributed by atoms with Gasteiger partial charge in [-0.2, -0.15) is 45.7 Å². The van der Waals surface area contributed by atoms with Gasteiger partial charge in [-0.05, 0) is 114 Å². The number of azo groups is 4. The monoisotopic (exact) mass is 1020 g/mol. The van der Waals surface area contributed by atoms with Crippen LogP contribution in [0.2, 0.25) is 0 Å². The number of nitrogen functional groups attached to an aromatic ring is 2. The van der Waals surface area contributed by atoms with Gasteiger partial charge < -0.3 is 37.2 Å². The summed E-state index contributed by atoms with van der Waals surface area (Å²) in [5.41, 5.74) is 10.8. The van der Waals surface area contributed by atoms with Gasteiger partial charge in [-0.15, -0.1) is 20.5 Å². The Balaban J connectivity index is 1.05. The van der Waals surface area contributed by atoms with Crippen molar-refractivity contribution in [3.63, 3.8) is 0 Å². The highest BCUT2D eigenvalue weighted by Crippen LogP contribution is 2.45. The van der Waals surface area contributed by atoms with Gasteiger partial charge in [-0.1, -0.05) is 12.1 Å². The van der Waals surface area contributed by atoms with Crippen LogP contribution in [0.15, 0.2) is 183 Å². The lowest BCUT2D eigenvalue weighted by molar-refractivity contribution is 0.471. The highest BCUT2D eigenvalue weighted by molar-refractivity contribution is 7.86. The van der Waals surface area contributed by atoms with Crippen LogP contribution in [0.4, 0.5) is 68.2 Å². The minimum Gasteiger partial charge on any atom is -0.506 e. The summed E-state index contributed by atoms with van der Waals surface area (Å²) in [4.78, 5) is -2.36. The maximum atomic E-state index is 12.6. The van der Waals surface area contributed by atoms with E-state index in [9.17, 15) is 59.3 Å². The zero-order valence-electron chi connectivity index (χ0n) is 35.7. The van der Waals surface area contributed by atoms with Crippen LogP contribution in [0.25, 0.3) is 21.5 Å². The van der Waals surface area contributed by atoms with Crippen molar-refractivity contribution in [3.8, 4) is 23.0 Å². The minimum absolute atomic E-state index is 0.0157. The number of phenolic OH excluding ortho intramolecular Hbond substituents is 4. The molecule has 360 valence electrons. The number of hydrogen-bond donors (Lipinski definition) is 10. The molecule has 24 nitrogen and oxygen atoms in total. The van der Waals surface area contributed by atoms with Crippen LogP contribution in [0.1, 0.15) is 0 Å². The first-order valence-electron chi connectivity index (χ1n) is 19.9. The number of anilines is 4. The van der Waals surface area contributed by atoms with E-state index in [-0.39, 0.29) is 84.2 Å². The number of fused-ring (bicyclic) bond motifs is 2. The lowest BCUT2D eigenvalue weighted by Gasteiger charge is -2.12. The Morgan fingerprint density at radius 3 is 1.23 bits per heavy atom. The number of nitrogens with zero attached hydrogens (tertiary/aromatic N) is 8. The molecule has 0 spiro atoms. The summed E-state index contributed by atoms with van der Waals surface area (Å²) in [6.45, 7) is 0. The number of hydrogen-bond acceptors (Lipinski definition) is 21. The van der Waals surface area contributed by atoms with Crippen molar-refractivity contribution < 1.29 is 59.3 Å². The predicted octanol–water partition coefficient (Wildman–Crippen LogP) is 11.1. The summed E-state index contributed by atoms with van der Waals surface area (Å²) in [6, 6.07) is 27.5. The fraction of sp³-hybridized carbons (Fsp3) is 0. The molecular weight excluding hydrogens is 987 g/mol. The molecule has 0 aliphatic carbocycles. The Kier molecular flexibility index (Phi) is 12.9. The van der Waals surface area contributed by atoms with Crippen LogP contribution >= 0.6 is 0 Å². The summed E-state index contributed by atoms with van der Waals surface area (Å²) < 4.78 is 105. The average Bonchev–Trinajstić information content (AvgIpc) is 3.30. The molecule has 8 aromatic rings. The first kappa shape index (κ1) is 48.5. The number of phenols is 4. The Morgan fingerprint density at radius 2 is 0.789 bits per heavy atom. The zero-order chi connectivity index (χ0) is 51.0. The fourth-order valence-corrected chi connectivity index (χ4v) is 8.70. The van der Waals surface area contributed by atoms with Crippen molar-refractivity contribution in [1.29, 1.82) is 0 Å². The van der Waals surface area contributed by atoms with E-state index in [0.29, 0.717) is 5.69 Å². The molecule has 0 aromatic heterocycles. The molecule has 0 radical (unpaired) electrons. The van der Waals surface area contributed by atoms with Crippen molar-refractivity contribution in [3.05, 3.63) is 127 Å². The Morgan fingerprint density at radius 1 is 0.394 bits per heavy atom. The van der Waals surface area contributed by atoms with Crippen LogP contribution in [0.3, 0.4) is 0 Å². The largest absolute Gasteiger partial charge is 0.506 e. The molecule has 8 rings (SSSR count). The Hall–Kier alpha value is -8.99. The van der Waals surface area contributed by atoms with E-state index in [4.69, 9.17) is 11.5 Å². The van der Waals surface area contributed by atoms with Crippen LogP contribution in [-0.4, -0.2) is 59.3 Å². The van der Waals surface area contributed by atoms with Gasteiger partial charge in [-0.3, -0.25) is 13.7 Å². The molecule has 0 aliphatic heterocycles. The van der Waals surface area contributed by atoms with Gasteiger partial charge in [0.1, 0.15) is 48.9 Å². The highest BCUT2D eigenvalue weighted by atomic mass is 32.2. The second-order valence-electron chi connectivity index (χ2n) is 15.0. The van der Waals surface area contributed by atoms with E-state index in [2.05, 4.69) is 46.2 Å². The molecule has 0 fully saturated rings. The zero-order valence-corrected chi connectivity index (χ0v) is 38.1. The van der Waals surface area contributed by atoms with Crippen molar-refractivity contribution in [1.82, 2.24) is 0 Å². The minimum atomic E-state index is -5.05. The van der Waals surface area contributed by atoms with E-state index in [1.54, 1.807) is 0 Å². The molecule has 27 heteroatoms. The first-order chi connectivity index (χ1) is 33.5. The predicted molar refractivity (Wildman–Crippen MR) is 259 cm³/mol. The van der Waals surface area contributed by atoms with E-state index in [0.717, 1.165) is 18.2 Å².